The number of benzene rings is 3. The van der Waals surface area contributed by atoms with Crippen LogP contribution in [0.4, 0.5) is 5.69 Å². The van der Waals surface area contributed by atoms with Gasteiger partial charge in [0.2, 0.25) is 11.8 Å². The van der Waals surface area contributed by atoms with Crippen LogP contribution in [0.3, 0.4) is 0 Å². The Bertz CT molecular complexity index is 1410. The summed E-state index contributed by atoms with van der Waals surface area (Å²) in [5.41, 5.74) is 4.45. The Balaban J connectivity index is 1.29. The van der Waals surface area contributed by atoms with E-state index in [1.54, 1.807) is 12.0 Å². The summed E-state index contributed by atoms with van der Waals surface area (Å²) in [4.78, 5) is 32.9. The second-order valence-corrected chi connectivity index (χ2v) is 9.06. The summed E-state index contributed by atoms with van der Waals surface area (Å²) >= 11 is 0. The molecule has 0 aliphatic carbocycles. The number of rotatable bonds is 7. The summed E-state index contributed by atoms with van der Waals surface area (Å²) in [6.07, 6.45) is 2.31. The van der Waals surface area contributed by atoms with Gasteiger partial charge >= 0.3 is 0 Å². The molecule has 1 aromatic heterocycles. The van der Waals surface area contributed by atoms with Crippen molar-refractivity contribution < 1.29 is 14.3 Å². The fraction of sp³-hybridized carbons (Fsp3) is 0.276. The Morgan fingerprint density at radius 3 is 2.53 bits per heavy atom. The van der Waals surface area contributed by atoms with Crippen molar-refractivity contribution in [2.75, 3.05) is 19.0 Å². The molecule has 7 heteroatoms. The van der Waals surface area contributed by atoms with E-state index in [1.165, 1.54) is 0 Å². The van der Waals surface area contributed by atoms with Crippen LogP contribution in [0.15, 0.2) is 72.8 Å². The van der Waals surface area contributed by atoms with Crippen LogP contribution < -0.4 is 10.1 Å². The maximum atomic E-state index is 13.4. The third-order valence-corrected chi connectivity index (χ3v) is 6.90. The smallest absolute Gasteiger partial charge is 0.247 e. The molecule has 0 spiro atoms. The Kier molecular flexibility index (Phi) is 6.71. The minimum atomic E-state index is -0.483. The highest BCUT2D eigenvalue weighted by atomic mass is 16.5. The second-order valence-electron chi connectivity index (χ2n) is 9.06. The Morgan fingerprint density at radius 2 is 1.72 bits per heavy atom. The van der Waals surface area contributed by atoms with E-state index < -0.39 is 6.04 Å². The van der Waals surface area contributed by atoms with Crippen molar-refractivity contribution in [2.24, 2.45) is 7.05 Å². The molecular weight excluding hydrogens is 452 g/mol. The standard InChI is InChI=1S/C29H30N4O3/c1-32-24-14-7-6-13-23(24)30-27(32)17-18-28(34)33-19-9-15-25(33)29(35)31-22-12-5-3-10-20(22)21-11-4-8-16-26(21)36-2/h3-8,10-14,16,25H,9,15,17-19H2,1-2H3,(H,31,35)/t25-/m0/s1. The molecule has 2 amide bonds. The molecule has 1 fully saturated rings. The van der Waals surface area contributed by atoms with Crippen molar-refractivity contribution in [1.29, 1.82) is 0 Å². The van der Waals surface area contributed by atoms with E-state index in [0.717, 1.165) is 40.2 Å². The van der Waals surface area contributed by atoms with Gasteiger partial charge in [-0.3, -0.25) is 9.59 Å². The van der Waals surface area contributed by atoms with E-state index in [4.69, 9.17) is 4.74 Å². The number of carbonyl (C=O) groups excluding carboxylic acids is 2. The van der Waals surface area contributed by atoms with Crippen molar-refractivity contribution in [1.82, 2.24) is 14.5 Å². The number of amides is 2. The molecule has 5 rings (SSSR count). The van der Waals surface area contributed by atoms with Crippen molar-refractivity contribution in [3.05, 3.63) is 78.6 Å². The molecule has 1 N–H and O–H groups in total. The third kappa shape index (κ3) is 4.56. The molecule has 36 heavy (non-hydrogen) atoms. The summed E-state index contributed by atoms with van der Waals surface area (Å²) in [6.45, 7) is 0.591. The van der Waals surface area contributed by atoms with Gasteiger partial charge in [-0.2, -0.15) is 0 Å². The average Bonchev–Trinajstić information content (AvgIpc) is 3.53. The number of carbonyl (C=O) groups is 2. The first kappa shape index (κ1) is 23.6. The van der Waals surface area contributed by atoms with Crippen molar-refractivity contribution in [3.63, 3.8) is 0 Å². The van der Waals surface area contributed by atoms with Gasteiger partial charge in [0.1, 0.15) is 17.6 Å². The first-order chi connectivity index (χ1) is 17.6. The zero-order valence-corrected chi connectivity index (χ0v) is 20.6. The van der Waals surface area contributed by atoms with E-state index >= 15 is 0 Å². The first-order valence-electron chi connectivity index (χ1n) is 12.3. The molecule has 2 heterocycles. The highest BCUT2D eigenvalue weighted by Gasteiger charge is 2.34. The molecule has 1 aliphatic rings. The molecular formula is C29H30N4O3. The summed E-state index contributed by atoms with van der Waals surface area (Å²) < 4.78 is 7.56. The number of hydrogen-bond donors (Lipinski definition) is 1. The van der Waals surface area contributed by atoms with Gasteiger partial charge in [0.05, 0.1) is 18.1 Å². The van der Waals surface area contributed by atoms with Gasteiger partial charge in [0.25, 0.3) is 0 Å². The zero-order valence-electron chi connectivity index (χ0n) is 20.6. The number of ether oxygens (including phenoxy) is 1. The lowest BCUT2D eigenvalue weighted by Crippen LogP contribution is -2.43. The molecule has 0 unspecified atom stereocenters. The summed E-state index contributed by atoms with van der Waals surface area (Å²) in [5, 5.41) is 3.08. The van der Waals surface area contributed by atoms with Crippen LogP contribution in [0.5, 0.6) is 5.75 Å². The Labute approximate surface area is 210 Å². The number of nitrogens with zero attached hydrogens (tertiary/aromatic N) is 3. The lowest BCUT2D eigenvalue weighted by molar-refractivity contribution is -0.136. The number of aryl methyl sites for hydroxylation is 2. The quantitative estimate of drug-likeness (QED) is 0.410. The number of imidazole rings is 1. The number of fused-ring (bicyclic) bond motifs is 1. The number of likely N-dealkylation sites (tertiary alicyclic amines) is 1. The summed E-state index contributed by atoms with van der Waals surface area (Å²) in [5.74, 6) is 1.43. The van der Waals surface area contributed by atoms with Crippen molar-refractivity contribution in [2.45, 2.75) is 31.7 Å². The summed E-state index contributed by atoms with van der Waals surface area (Å²) in [7, 11) is 3.61. The van der Waals surface area contributed by atoms with Crippen LogP contribution in [-0.2, 0) is 23.1 Å². The van der Waals surface area contributed by atoms with Crippen LogP contribution in [0.1, 0.15) is 25.1 Å². The van der Waals surface area contributed by atoms with E-state index in [2.05, 4.69) is 10.3 Å². The molecule has 0 bridgehead atoms. The molecule has 1 aliphatic heterocycles. The maximum Gasteiger partial charge on any atom is 0.247 e. The van der Waals surface area contributed by atoms with Crippen LogP contribution in [0, 0.1) is 0 Å². The van der Waals surface area contributed by atoms with E-state index in [1.807, 2.05) is 84.4 Å². The molecule has 0 saturated carbocycles. The number of methoxy groups -OCH3 is 1. The minimum absolute atomic E-state index is 0.0160. The van der Waals surface area contributed by atoms with Crippen LogP contribution >= 0.6 is 0 Å². The highest BCUT2D eigenvalue weighted by Crippen LogP contribution is 2.35. The van der Waals surface area contributed by atoms with Crippen molar-refractivity contribution in [3.8, 4) is 16.9 Å². The lowest BCUT2D eigenvalue weighted by Gasteiger charge is -2.24. The SMILES string of the molecule is COc1ccccc1-c1ccccc1NC(=O)[C@@H]1CCCN1C(=O)CCc1nc2ccccc2n1C. The molecule has 3 aromatic carbocycles. The lowest BCUT2D eigenvalue weighted by atomic mass is 10.0. The van der Waals surface area contributed by atoms with Crippen molar-refractivity contribution >= 4 is 28.5 Å². The molecule has 1 saturated heterocycles. The molecule has 7 nitrogen and oxygen atoms in total. The third-order valence-electron chi connectivity index (χ3n) is 6.90. The second kappa shape index (κ2) is 10.2. The predicted molar refractivity (Wildman–Crippen MR) is 141 cm³/mol. The average molecular weight is 483 g/mol. The number of hydrogen-bond acceptors (Lipinski definition) is 4. The fourth-order valence-corrected chi connectivity index (χ4v) is 5.03. The minimum Gasteiger partial charge on any atom is -0.496 e. The highest BCUT2D eigenvalue weighted by molar-refractivity contribution is 6.00. The van der Waals surface area contributed by atoms with Gasteiger partial charge < -0.3 is 19.5 Å². The largest absolute Gasteiger partial charge is 0.496 e. The summed E-state index contributed by atoms with van der Waals surface area (Å²) in [6, 6.07) is 22.9. The van der Waals surface area contributed by atoms with Crippen LogP contribution in [0.2, 0.25) is 0 Å². The molecule has 4 aromatic rings. The van der Waals surface area contributed by atoms with Gasteiger partial charge in [0, 0.05) is 43.2 Å². The van der Waals surface area contributed by atoms with Gasteiger partial charge in [-0.25, -0.2) is 4.98 Å². The van der Waals surface area contributed by atoms with Gasteiger partial charge in [-0.05, 0) is 37.1 Å². The molecule has 1 atom stereocenters. The van der Waals surface area contributed by atoms with E-state index in [0.29, 0.717) is 31.5 Å². The number of aromatic nitrogens is 2. The fourth-order valence-electron chi connectivity index (χ4n) is 5.03. The van der Waals surface area contributed by atoms with Gasteiger partial charge in [-0.15, -0.1) is 0 Å². The Morgan fingerprint density at radius 1 is 1.00 bits per heavy atom. The van der Waals surface area contributed by atoms with E-state index in [-0.39, 0.29) is 11.8 Å². The Hall–Kier alpha value is -4.13. The topological polar surface area (TPSA) is 76.5 Å². The van der Waals surface area contributed by atoms with Gasteiger partial charge in [-0.1, -0.05) is 48.5 Å². The molecule has 0 radical (unpaired) electrons. The van der Waals surface area contributed by atoms with E-state index in [9.17, 15) is 9.59 Å². The zero-order chi connectivity index (χ0) is 25.1. The maximum absolute atomic E-state index is 13.4. The van der Waals surface area contributed by atoms with Crippen LogP contribution in [-0.4, -0.2) is 46.0 Å². The number of anilines is 1. The van der Waals surface area contributed by atoms with Gasteiger partial charge in [0.15, 0.2) is 0 Å². The first-order valence-corrected chi connectivity index (χ1v) is 12.3. The number of nitrogens with one attached hydrogen (secondary N) is 1. The monoisotopic (exact) mass is 482 g/mol. The predicted octanol–water partition coefficient (Wildman–Crippen LogP) is 4.81. The normalized spacial score (nSPS) is 15.3. The number of para-hydroxylation sites is 4. The van der Waals surface area contributed by atoms with Crippen LogP contribution in [0.25, 0.3) is 22.2 Å². The molecule has 184 valence electrons.